The van der Waals surface area contributed by atoms with Crippen LogP contribution in [0.2, 0.25) is 0 Å². The molecule has 36 heavy (non-hydrogen) atoms. The van der Waals surface area contributed by atoms with E-state index >= 15 is 0 Å². The van der Waals surface area contributed by atoms with Gasteiger partial charge in [0.2, 0.25) is 0 Å². The van der Waals surface area contributed by atoms with Crippen LogP contribution in [0.4, 0.5) is 10.5 Å². The number of esters is 1. The van der Waals surface area contributed by atoms with Gasteiger partial charge in [-0.2, -0.15) is 5.10 Å². The highest BCUT2D eigenvalue weighted by Crippen LogP contribution is 2.34. The minimum Gasteiger partial charge on any atom is -0.465 e. The summed E-state index contributed by atoms with van der Waals surface area (Å²) in [4.78, 5) is 28.9. The Morgan fingerprint density at radius 3 is 2.42 bits per heavy atom. The molecule has 0 radical (unpaired) electrons. The van der Waals surface area contributed by atoms with Gasteiger partial charge in [0, 0.05) is 50.1 Å². The van der Waals surface area contributed by atoms with Crippen LogP contribution in [-0.4, -0.2) is 89.8 Å². The number of hydrogen-bond acceptors (Lipinski definition) is 8. The molecule has 10 nitrogen and oxygen atoms in total. The van der Waals surface area contributed by atoms with Gasteiger partial charge in [0.25, 0.3) is 0 Å². The minimum atomic E-state index is -0.507. The van der Waals surface area contributed by atoms with E-state index in [1.165, 1.54) is 7.11 Å². The zero-order valence-corrected chi connectivity index (χ0v) is 22.0. The van der Waals surface area contributed by atoms with Crippen molar-refractivity contribution in [1.82, 2.24) is 19.6 Å². The molecule has 10 heteroatoms. The first-order valence-corrected chi connectivity index (χ1v) is 12.7. The van der Waals surface area contributed by atoms with E-state index in [1.54, 1.807) is 24.1 Å². The van der Waals surface area contributed by atoms with Crippen molar-refractivity contribution in [1.29, 1.82) is 0 Å². The highest BCUT2D eigenvalue weighted by molar-refractivity contribution is 6.00. The maximum absolute atomic E-state index is 12.6. The topological polar surface area (TPSA) is 112 Å². The minimum absolute atomic E-state index is 0.143. The first kappa shape index (κ1) is 26.2. The maximum Gasteiger partial charge on any atom is 0.410 e. The molecule has 2 N–H and O–H groups in total. The lowest BCUT2D eigenvalue weighted by atomic mass is 9.89. The van der Waals surface area contributed by atoms with E-state index in [2.05, 4.69) is 4.90 Å². The van der Waals surface area contributed by atoms with Gasteiger partial charge in [-0.25, -0.2) is 9.59 Å². The van der Waals surface area contributed by atoms with Crippen LogP contribution in [0, 0.1) is 0 Å². The standard InChI is InChI=1S/C26H39N5O5/c1-26(2,3)36-25(33)29-10-11-30(20(15-29)16-34-4)18-6-8-19(9-7-18)31-14-17-12-22(27)21(24(32)35-5)13-23(17)28-31/h12-14,18-20H,6-11,15-16,27H2,1-5H3/t18?,19?,20-/m1/s1. The summed E-state index contributed by atoms with van der Waals surface area (Å²) in [5.74, 6) is -0.457. The second kappa shape index (κ2) is 10.6. The first-order chi connectivity index (χ1) is 17.1. The fourth-order valence-corrected chi connectivity index (χ4v) is 5.42. The third kappa shape index (κ3) is 5.75. The Morgan fingerprint density at radius 2 is 1.78 bits per heavy atom. The number of hydrogen-bond donors (Lipinski definition) is 1. The summed E-state index contributed by atoms with van der Waals surface area (Å²) < 4.78 is 18.0. The Kier molecular flexibility index (Phi) is 7.75. The zero-order valence-electron chi connectivity index (χ0n) is 22.0. The normalized spacial score (nSPS) is 23.6. The molecule has 1 saturated carbocycles. The van der Waals surface area contributed by atoms with Crippen molar-refractivity contribution in [2.24, 2.45) is 0 Å². The number of nitrogen functional groups attached to an aromatic ring is 1. The Labute approximate surface area is 212 Å². The molecule has 2 aliphatic rings. The van der Waals surface area contributed by atoms with Gasteiger partial charge in [-0.1, -0.05) is 0 Å². The van der Waals surface area contributed by atoms with Crippen LogP contribution in [0.15, 0.2) is 18.3 Å². The molecular formula is C26H39N5O5. The zero-order chi connectivity index (χ0) is 26.0. The van der Waals surface area contributed by atoms with Gasteiger partial charge in [-0.3, -0.25) is 9.58 Å². The van der Waals surface area contributed by atoms with Crippen LogP contribution in [0.1, 0.15) is 62.9 Å². The first-order valence-electron chi connectivity index (χ1n) is 12.7. The molecule has 4 rings (SSSR count). The number of anilines is 1. The molecule has 1 saturated heterocycles. The molecule has 2 aromatic rings. The Bertz CT molecular complexity index is 1090. The molecule has 0 spiro atoms. The molecule has 1 aliphatic carbocycles. The summed E-state index contributed by atoms with van der Waals surface area (Å²) in [5, 5.41) is 5.67. The fraction of sp³-hybridized carbons (Fsp3) is 0.654. The van der Waals surface area contributed by atoms with Crippen molar-refractivity contribution in [2.45, 2.75) is 70.2 Å². The van der Waals surface area contributed by atoms with Crippen LogP contribution in [0.5, 0.6) is 0 Å². The van der Waals surface area contributed by atoms with Crippen molar-refractivity contribution in [3.63, 3.8) is 0 Å². The highest BCUT2D eigenvalue weighted by atomic mass is 16.6. The van der Waals surface area contributed by atoms with Crippen LogP contribution < -0.4 is 5.73 Å². The third-order valence-corrected chi connectivity index (χ3v) is 7.15. The number of methoxy groups -OCH3 is 2. The van der Waals surface area contributed by atoms with Crippen molar-refractivity contribution in [2.75, 3.05) is 46.2 Å². The monoisotopic (exact) mass is 501 g/mol. The molecule has 1 aromatic heterocycles. The van der Waals surface area contributed by atoms with Crippen LogP contribution in [0.3, 0.4) is 0 Å². The maximum atomic E-state index is 12.6. The number of rotatable bonds is 5. The fourth-order valence-electron chi connectivity index (χ4n) is 5.42. The highest BCUT2D eigenvalue weighted by Gasteiger charge is 2.37. The molecule has 2 heterocycles. The van der Waals surface area contributed by atoms with Gasteiger partial charge in [0.05, 0.1) is 36.9 Å². The predicted molar refractivity (Wildman–Crippen MR) is 137 cm³/mol. The van der Waals surface area contributed by atoms with E-state index in [9.17, 15) is 9.59 Å². The molecule has 2 fully saturated rings. The number of fused-ring (bicyclic) bond motifs is 1. The van der Waals surface area contributed by atoms with Crippen LogP contribution >= 0.6 is 0 Å². The van der Waals surface area contributed by atoms with Crippen molar-refractivity contribution < 1.29 is 23.8 Å². The number of piperazine rings is 1. The van der Waals surface area contributed by atoms with Gasteiger partial charge in [-0.05, 0) is 58.6 Å². The molecular weight excluding hydrogens is 462 g/mol. The molecule has 0 bridgehead atoms. The number of nitrogens with two attached hydrogens (primary N) is 1. The number of carbonyl (C=O) groups is 2. The Morgan fingerprint density at radius 1 is 1.08 bits per heavy atom. The second-order valence-corrected chi connectivity index (χ2v) is 10.8. The molecule has 1 atom stereocenters. The smallest absolute Gasteiger partial charge is 0.410 e. The average molecular weight is 502 g/mol. The molecule has 0 unspecified atom stereocenters. The number of aromatic nitrogens is 2. The van der Waals surface area contributed by atoms with E-state index in [0.29, 0.717) is 43.0 Å². The lowest BCUT2D eigenvalue weighted by molar-refractivity contribution is -0.0278. The van der Waals surface area contributed by atoms with E-state index in [4.69, 9.17) is 25.0 Å². The summed E-state index contributed by atoms with van der Waals surface area (Å²) in [6.45, 7) is 8.32. The van der Waals surface area contributed by atoms with E-state index < -0.39 is 11.6 Å². The van der Waals surface area contributed by atoms with Crippen molar-refractivity contribution in [3.8, 4) is 0 Å². The van der Waals surface area contributed by atoms with Gasteiger partial charge in [-0.15, -0.1) is 0 Å². The van der Waals surface area contributed by atoms with Gasteiger partial charge in [0.15, 0.2) is 0 Å². The van der Waals surface area contributed by atoms with Crippen LogP contribution in [-0.2, 0) is 14.2 Å². The second-order valence-electron chi connectivity index (χ2n) is 10.8. The third-order valence-electron chi connectivity index (χ3n) is 7.15. The number of carbonyl (C=O) groups excluding carboxylic acids is 2. The Hall–Kier alpha value is -2.85. The predicted octanol–water partition coefficient (Wildman–Crippen LogP) is 3.46. The largest absolute Gasteiger partial charge is 0.465 e. The SMILES string of the molecule is COC[C@H]1CN(C(=O)OC(C)(C)C)CCN1C1CCC(n2cc3cc(N)c(C(=O)OC)cc3n2)CC1. The Balaban J connectivity index is 1.40. The number of ether oxygens (including phenoxy) is 3. The van der Waals surface area contributed by atoms with Crippen LogP contribution in [0.25, 0.3) is 10.9 Å². The number of amides is 1. The lowest BCUT2D eigenvalue weighted by Gasteiger charge is -2.46. The molecule has 1 aliphatic heterocycles. The summed E-state index contributed by atoms with van der Waals surface area (Å²) in [7, 11) is 3.06. The van der Waals surface area contributed by atoms with Crippen molar-refractivity contribution >= 4 is 28.7 Å². The summed E-state index contributed by atoms with van der Waals surface area (Å²) in [6.07, 6.45) is 5.86. The number of benzene rings is 1. The summed E-state index contributed by atoms with van der Waals surface area (Å²) in [6, 6.07) is 4.37. The summed E-state index contributed by atoms with van der Waals surface area (Å²) >= 11 is 0. The molecule has 1 aromatic carbocycles. The van der Waals surface area contributed by atoms with E-state index in [-0.39, 0.29) is 12.1 Å². The van der Waals surface area contributed by atoms with Gasteiger partial charge < -0.3 is 24.8 Å². The average Bonchev–Trinajstić information content (AvgIpc) is 3.25. The van der Waals surface area contributed by atoms with Gasteiger partial charge >= 0.3 is 12.1 Å². The molecule has 1 amide bonds. The molecule has 198 valence electrons. The number of nitrogens with zero attached hydrogens (tertiary/aromatic N) is 4. The van der Waals surface area contributed by atoms with E-state index in [1.807, 2.05) is 31.6 Å². The lowest BCUT2D eigenvalue weighted by Crippen LogP contribution is -2.60. The van der Waals surface area contributed by atoms with Crippen molar-refractivity contribution in [3.05, 3.63) is 23.9 Å². The van der Waals surface area contributed by atoms with Gasteiger partial charge in [0.1, 0.15) is 5.60 Å². The van der Waals surface area contributed by atoms with E-state index in [0.717, 1.165) is 43.1 Å². The quantitative estimate of drug-likeness (QED) is 0.490. The summed E-state index contributed by atoms with van der Waals surface area (Å²) in [5.41, 5.74) is 7.03.